The predicted molar refractivity (Wildman–Crippen MR) is 79.8 cm³/mol. The van der Waals surface area contributed by atoms with Gasteiger partial charge in [0.05, 0.1) is 5.41 Å². The van der Waals surface area contributed by atoms with Crippen LogP contribution in [0.2, 0.25) is 0 Å². The summed E-state index contributed by atoms with van der Waals surface area (Å²) in [6, 6.07) is 7.57. The number of aryl methyl sites for hydroxylation is 1. The normalized spacial score (nSPS) is 12.8. The Hall–Kier alpha value is -1.84. The fourth-order valence-electron chi connectivity index (χ4n) is 1.71. The lowest BCUT2D eigenvalue weighted by molar-refractivity contribution is -0.128. The van der Waals surface area contributed by atoms with Crippen molar-refractivity contribution in [2.24, 2.45) is 11.1 Å². The van der Waals surface area contributed by atoms with Crippen molar-refractivity contribution in [2.45, 2.75) is 40.2 Å². The second-order valence-electron chi connectivity index (χ2n) is 5.64. The summed E-state index contributed by atoms with van der Waals surface area (Å²) in [5.74, 6) is -0.539. The maximum absolute atomic E-state index is 11.9. The van der Waals surface area contributed by atoms with Crippen LogP contribution in [0.4, 0.5) is 0 Å². The molecule has 3 N–H and O–H groups in total. The Morgan fingerprint density at radius 2 is 1.95 bits per heavy atom. The van der Waals surface area contributed by atoms with Crippen LogP contribution in [-0.4, -0.2) is 17.9 Å². The summed E-state index contributed by atoms with van der Waals surface area (Å²) in [7, 11) is 0. The van der Waals surface area contributed by atoms with Crippen LogP contribution < -0.4 is 11.1 Å². The van der Waals surface area contributed by atoms with Gasteiger partial charge in [0.25, 0.3) is 0 Å². The number of hydrogen-bond donors (Lipinski definition) is 2. The standard InChI is InChI=1S/C16H23N2O2/c1-11-7-5-6-8-13(11)9-10-14(19)18-12(2)16(3,4)15(17)20/h5-9,12H,10H2,1-4H3,(H2,17,20)(H,18,19)/t12-/m1/s1. The van der Waals surface area contributed by atoms with Crippen molar-refractivity contribution in [3.05, 3.63) is 41.8 Å². The highest BCUT2D eigenvalue weighted by Gasteiger charge is 2.32. The molecule has 109 valence electrons. The lowest BCUT2D eigenvalue weighted by atomic mass is 9.84. The van der Waals surface area contributed by atoms with Gasteiger partial charge in [0, 0.05) is 18.9 Å². The van der Waals surface area contributed by atoms with Crippen LogP contribution in [0.25, 0.3) is 0 Å². The molecule has 0 fully saturated rings. The van der Waals surface area contributed by atoms with Crippen molar-refractivity contribution < 1.29 is 9.59 Å². The first-order chi connectivity index (χ1) is 9.25. The largest absolute Gasteiger partial charge is 0.369 e. The third-order valence-electron chi connectivity index (χ3n) is 3.79. The van der Waals surface area contributed by atoms with E-state index in [9.17, 15) is 9.59 Å². The molecular formula is C16H23N2O2. The second kappa shape index (κ2) is 6.55. The first-order valence-corrected chi connectivity index (χ1v) is 6.73. The molecule has 4 heteroatoms. The summed E-state index contributed by atoms with van der Waals surface area (Å²) in [6.07, 6.45) is 2.17. The Labute approximate surface area is 120 Å². The minimum Gasteiger partial charge on any atom is -0.369 e. The van der Waals surface area contributed by atoms with Gasteiger partial charge in [-0.25, -0.2) is 0 Å². The van der Waals surface area contributed by atoms with Gasteiger partial charge in [-0.15, -0.1) is 0 Å². The average molecular weight is 275 g/mol. The van der Waals surface area contributed by atoms with E-state index < -0.39 is 11.3 Å². The van der Waals surface area contributed by atoms with Crippen LogP contribution >= 0.6 is 0 Å². The zero-order chi connectivity index (χ0) is 15.3. The van der Waals surface area contributed by atoms with E-state index in [1.807, 2.05) is 37.6 Å². The number of carbonyl (C=O) groups is 2. The molecule has 1 aromatic rings. The van der Waals surface area contributed by atoms with E-state index in [-0.39, 0.29) is 18.4 Å². The number of hydrogen-bond acceptors (Lipinski definition) is 2. The monoisotopic (exact) mass is 275 g/mol. The van der Waals surface area contributed by atoms with Crippen LogP contribution in [0.1, 0.15) is 38.3 Å². The van der Waals surface area contributed by atoms with Crippen LogP contribution in [-0.2, 0) is 9.59 Å². The molecule has 0 bridgehead atoms. The molecule has 20 heavy (non-hydrogen) atoms. The fourth-order valence-corrected chi connectivity index (χ4v) is 1.71. The third kappa shape index (κ3) is 4.08. The summed E-state index contributed by atoms with van der Waals surface area (Å²) >= 11 is 0. The van der Waals surface area contributed by atoms with E-state index in [4.69, 9.17) is 5.73 Å². The smallest absolute Gasteiger partial charge is 0.225 e. The topological polar surface area (TPSA) is 72.2 Å². The lowest BCUT2D eigenvalue weighted by Gasteiger charge is -2.29. The molecule has 0 saturated heterocycles. The molecule has 0 aromatic heterocycles. The van der Waals surface area contributed by atoms with E-state index in [0.717, 1.165) is 11.1 Å². The van der Waals surface area contributed by atoms with Gasteiger partial charge >= 0.3 is 0 Å². The Kier molecular flexibility index (Phi) is 5.31. The highest BCUT2D eigenvalue weighted by Crippen LogP contribution is 2.20. The molecule has 2 amide bonds. The molecular weight excluding hydrogens is 252 g/mol. The quantitative estimate of drug-likeness (QED) is 0.833. The molecule has 0 saturated carbocycles. The van der Waals surface area contributed by atoms with Gasteiger partial charge in [-0.2, -0.15) is 0 Å². The third-order valence-corrected chi connectivity index (χ3v) is 3.79. The summed E-state index contributed by atoms with van der Waals surface area (Å²) < 4.78 is 0. The SMILES string of the molecule is Cc1ccccc1[CH]CC(=O)N[C@H](C)C(C)(C)C(N)=O. The predicted octanol–water partition coefficient (Wildman–Crippen LogP) is 1.95. The first-order valence-electron chi connectivity index (χ1n) is 6.73. The van der Waals surface area contributed by atoms with Gasteiger partial charge in [-0.3, -0.25) is 9.59 Å². The molecule has 4 nitrogen and oxygen atoms in total. The number of nitrogens with two attached hydrogens (primary N) is 1. The fraction of sp³-hybridized carbons (Fsp3) is 0.438. The molecule has 1 aromatic carbocycles. The minimum atomic E-state index is -0.766. The number of carbonyl (C=O) groups excluding carboxylic acids is 2. The van der Waals surface area contributed by atoms with Gasteiger partial charge in [0.1, 0.15) is 0 Å². The van der Waals surface area contributed by atoms with Crippen molar-refractivity contribution in [1.82, 2.24) is 5.32 Å². The van der Waals surface area contributed by atoms with E-state index in [1.165, 1.54) is 0 Å². The summed E-state index contributed by atoms with van der Waals surface area (Å²) in [5.41, 5.74) is 6.74. The van der Waals surface area contributed by atoms with Gasteiger partial charge in [-0.05, 0) is 38.8 Å². The van der Waals surface area contributed by atoms with E-state index in [1.54, 1.807) is 20.8 Å². The maximum atomic E-state index is 11.9. The van der Waals surface area contributed by atoms with Crippen LogP contribution in [0.3, 0.4) is 0 Å². The molecule has 0 aliphatic rings. The van der Waals surface area contributed by atoms with Crippen molar-refractivity contribution in [1.29, 1.82) is 0 Å². The first kappa shape index (κ1) is 16.2. The van der Waals surface area contributed by atoms with E-state index in [2.05, 4.69) is 5.32 Å². The van der Waals surface area contributed by atoms with Crippen molar-refractivity contribution in [2.75, 3.05) is 0 Å². The zero-order valence-corrected chi connectivity index (χ0v) is 12.6. The van der Waals surface area contributed by atoms with Gasteiger partial charge in [0.15, 0.2) is 0 Å². The number of nitrogens with one attached hydrogen (secondary N) is 1. The summed E-state index contributed by atoms with van der Waals surface area (Å²) in [5, 5.41) is 2.82. The number of benzene rings is 1. The van der Waals surface area contributed by atoms with Crippen LogP contribution in [0.15, 0.2) is 24.3 Å². The zero-order valence-electron chi connectivity index (χ0n) is 12.6. The van der Waals surface area contributed by atoms with Gasteiger partial charge in [-0.1, -0.05) is 24.3 Å². The van der Waals surface area contributed by atoms with E-state index >= 15 is 0 Å². The lowest BCUT2D eigenvalue weighted by Crippen LogP contribution is -2.49. The van der Waals surface area contributed by atoms with Crippen molar-refractivity contribution >= 4 is 11.8 Å². The minimum absolute atomic E-state index is 0.116. The molecule has 1 rings (SSSR count). The molecule has 0 aliphatic heterocycles. The van der Waals surface area contributed by atoms with Gasteiger partial charge < -0.3 is 11.1 Å². The number of primary amides is 1. The number of amides is 2. The Balaban J connectivity index is 2.53. The van der Waals surface area contributed by atoms with Crippen LogP contribution in [0, 0.1) is 18.8 Å². The van der Waals surface area contributed by atoms with E-state index in [0.29, 0.717) is 0 Å². The molecule has 0 spiro atoms. The highest BCUT2D eigenvalue weighted by molar-refractivity contribution is 5.83. The summed E-state index contributed by atoms with van der Waals surface area (Å²) in [4.78, 5) is 23.2. The summed E-state index contributed by atoms with van der Waals surface area (Å²) in [6.45, 7) is 7.25. The second-order valence-corrected chi connectivity index (χ2v) is 5.64. The molecule has 0 heterocycles. The van der Waals surface area contributed by atoms with Crippen molar-refractivity contribution in [3.63, 3.8) is 0 Å². The highest BCUT2D eigenvalue weighted by atomic mass is 16.2. The molecule has 0 unspecified atom stereocenters. The Bertz CT molecular complexity index is 495. The number of rotatable bonds is 6. The van der Waals surface area contributed by atoms with Crippen LogP contribution in [0.5, 0.6) is 0 Å². The molecule has 1 atom stereocenters. The maximum Gasteiger partial charge on any atom is 0.225 e. The van der Waals surface area contributed by atoms with Gasteiger partial charge in [0.2, 0.25) is 11.8 Å². The average Bonchev–Trinajstić information content (AvgIpc) is 2.37. The Morgan fingerprint density at radius 1 is 1.35 bits per heavy atom. The Morgan fingerprint density at radius 3 is 2.50 bits per heavy atom. The van der Waals surface area contributed by atoms with Crippen molar-refractivity contribution in [3.8, 4) is 0 Å². The molecule has 1 radical (unpaired) electrons. The molecule has 0 aliphatic carbocycles.